The SMILES string of the molecule is CC(=O)Nc1ccc(CCCN2CCC(=C3c4ccccc4C=Cc4ccccc43)CC2)cc1. The summed E-state index contributed by atoms with van der Waals surface area (Å²) in [4.78, 5) is 13.8. The van der Waals surface area contributed by atoms with E-state index in [-0.39, 0.29) is 5.91 Å². The molecular formula is C31H32N2O. The van der Waals surface area contributed by atoms with Gasteiger partial charge in [-0.25, -0.2) is 0 Å². The lowest BCUT2D eigenvalue weighted by Crippen LogP contribution is -2.32. The number of anilines is 1. The number of aryl methyl sites for hydroxylation is 1. The highest BCUT2D eigenvalue weighted by Crippen LogP contribution is 2.38. The van der Waals surface area contributed by atoms with Crippen molar-refractivity contribution in [2.45, 2.75) is 32.6 Å². The van der Waals surface area contributed by atoms with Gasteiger partial charge < -0.3 is 10.2 Å². The number of fused-ring (bicyclic) bond motifs is 2. The van der Waals surface area contributed by atoms with Crippen molar-refractivity contribution >= 4 is 29.3 Å². The van der Waals surface area contributed by atoms with Crippen molar-refractivity contribution in [2.24, 2.45) is 0 Å². The number of piperidine rings is 1. The van der Waals surface area contributed by atoms with E-state index in [1.54, 1.807) is 5.57 Å². The zero-order valence-corrected chi connectivity index (χ0v) is 19.9. The highest BCUT2D eigenvalue weighted by molar-refractivity contribution is 5.95. The van der Waals surface area contributed by atoms with Gasteiger partial charge in [0, 0.05) is 25.7 Å². The van der Waals surface area contributed by atoms with Gasteiger partial charge in [0.1, 0.15) is 0 Å². The third kappa shape index (κ3) is 5.05. The summed E-state index contributed by atoms with van der Waals surface area (Å²) in [6, 6.07) is 25.9. The summed E-state index contributed by atoms with van der Waals surface area (Å²) < 4.78 is 0. The first-order valence-electron chi connectivity index (χ1n) is 12.4. The van der Waals surface area contributed by atoms with Gasteiger partial charge in [-0.05, 0) is 77.8 Å². The molecule has 1 fully saturated rings. The Morgan fingerprint density at radius 1 is 0.824 bits per heavy atom. The van der Waals surface area contributed by atoms with Crippen molar-refractivity contribution in [1.29, 1.82) is 0 Å². The summed E-state index contributed by atoms with van der Waals surface area (Å²) in [5.41, 5.74) is 10.6. The number of hydrogen-bond acceptors (Lipinski definition) is 2. The van der Waals surface area contributed by atoms with Crippen LogP contribution in [-0.4, -0.2) is 30.4 Å². The number of nitrogens with zero attached hydrogens (tertiary/aromatic N) is 1. The molecule has 3 aromatic rings. The average Bonchev–Trinajstić information content (AvgIpc) is 3.02. The van der Waals surface area contributed by atoms with Gasteiger partial charge in [0.2, 0.25) is 5.91 Å². The first-order valence-corrected chi connectivity index (χ1v) is 12.4. The molecule has 1 aliphatic carbocycles. The molecule has 0 atom stereocenters. The van der Waals surface area contributed by atoms with Crippen LogP contribution in [-0.2, 0) is 11.2 Å². The minimum absolute atomic E-state index is 0.0284. The Kier molecular flexibility index (Phi) is 6.73. The van der Waals surface area contributed by atoms with E-state index in [1.165, 1.54) is 40.3 Å². The molecule has 5 rings (SSSR count). The Hall–Kier alpha value is -3.43. The van der Waals surface area contributed by atoms with E-state index >= 15 is 0 Å². The molecule has 1 aliphatic heterocycles. The van der Waals surface area contributed by atoms with Crippen molar-refractivity contribution in [2.75, 3.05) is 25.0 Å². The molecule has 0 radical (unpaired) electrons. The monoisotopic (exact) mass is 448 g/mol. The highest BCUT2D eigenvalue weighted by atomic mass is 16.1. The van der Waals surface area contributed by atoms with Gasteiger partial charge >= 0.3 is 0 Å². The molecule has 0 spiro atoms. The molecule has 3 heteroatoms. The van der Waals surface area contributed by atoms with E-state index in [0.717, 1.165) is 51.0 Å². The molecule has 2 aliphatic rings. The summed E-state index contributed by atoms with van der Waals surface area (Å²) in [6.45, 7) is 4.92. The van der Waals surface area contributed by atoms with Gasteiger partial charge in [-0.15, -0.1) is 0 Å². The molecule has 3 nitrogen and oxygen atoms in total. The molecule has 0 aromatic heterocycles. The number of hydrogen-bond donors (Lipinski definition) is 1. The van der Waals surface area contributed by atoms with Crippen molar-refractivity contribution in [3.63, 3.8) is 0 Å². The van der Waals surface area contributed by atoms with Crippen LogP contribution >= 0.6 is 0 Å². The second-order valence-corrected chi connectivity index (χ2v) is 9.31. The Labute approximate surface area is 202 Å². The number of rotatable bonds is 5. The van der Waals surface area contributed by atoms with Gasteiger partial charge in [-0.2, -0.15) is 0 Å². The quantitative estimate of drug-likeness (QED) is 0.370. The zero-order chi connectivity index (χ0) is 23.3. The molecular weight excluding hydrogens is 416 g/mol. The van der Waals surface area contributed by atoms with Crippen LogP contribution in [0.4, 0.5) is 5.69 Å². The summed E-state index contributed by atoms with van der Waals surface area (Å²) in [5, 5.41) is 2.83. The molecule has 1 saturated heterocycles. The molecule has 1 amide bonds. The van der Waals surface area contributed by atoms with Crippen LogP contribution in [0, 0.1) is 0 Å². The van der Waals surface area contributed by atoms with E-state index in [2.05, 4.69) is 83.0 Å². The lowest BCUT2D eigenvalue weighted by molar-refractivity contribution is -0.114. The largest absolute Gasteiger partial charge is 0.326 e. The van der Waals surface area contributed by atoms with Gasteiger partial charge in [-0.3, -0.25) is 4.79 Å². The minimum Gasteiger partial charge on any atom is -0.326 e. The van der Waals surface area contributed by atoms with Crippen LogP contribution in [0.3, 0.4) is 0 Å². The standard InChI is InChI=1S/C31H32N2O/c1-23(34)32-28-16-12-24(13-17-28)7-6-20-33-21-18-27(19-22-33)31-29-10-4-2-8-25(29)14-15-26-9-3-5-11-30(26)31/h2-5,8-17H,6-7,18-22H2,1H3,(H,32,34). The molecule has 0 bridgehead atoms. The Morgan fingerprint density at radius 2 is 1.41 bits per heavy atom. The second kappa shape index (κ2) is 10.2. The van der Waals surface area contributed by atoms with Gasteiger partial charge in [-0.1, -0.05) is 78.4 Å². The summed E-state index contributed by atoms with van der Waals surface area (Å²) in [7, 11) is 0. The second-order valence-electron chi connectivity index (χ2n) is 9.31. The molecule has 0 unspecified atom stereocenters. The maximum Gasteiger partial charge on any atom is 0.221 e. The van der Waals surface area contributed by atoms with Gasteiger partial charge in [0.25, 0.3) is 0 Å². The van der Waals surface area contributed by atoms with Crippen LogP contribution in [0.2, 0.25) is 0 Å². The van der Waals surface area contributed by atoms with Crippen molar-refractivity contribution < 1.29 is 4.79 Å². The fourth-order valence-electron chi connectivity index (χ4n) is 5.21. The number of nitrogens with one attached hydrogen (secondary N) is 1. The number of likely N-dealkylation sites (tertiary alicyclic amines) is 1. The minimum atomic E-state index is -0.0284. The van der Waals surface area contributed by atoms with Crippen molar-refractivity contribution in [3.8, 4) is 0 Å². The third-order valence-electron chi connectivity index (χ3n) is 6.93. The predicted octanol–water partition coefficient (Wildman–Crippen LogP) is 6.66. The molecule has 1 N–H and O–H groups in total. The van der Waals surface area contributed by atoms with Gasteiger partial charge in [0.15, 0.2) is 0 Å². The van der Waals surface area contributed by atoms with E-state index in [1.807, 2.05) is 12.1 Å². The normalized spacial score (nSPS) is 15.4. The Morgan fingerprint density at radius 3 is 2.00 bits per heavy atom. The molecule has 1 heterocycles. The lowest BCUT2D eigenvalue weighted by atomic mass is 9.86. The van der Waals surface area contributed by atoms with Crippen LogP contribution in [0.15, 0.2) is 78.4 Å². The Bertz CT molecular complexity index is 1170. The smallest absolute Gasteiger partial charge is 0.221 e. The van der Waals surface area contributed by atoms with Crippen LogP contribution in [0.5, 0.6) is 0 Å². The van der Waals surface area contributed by atoms with Crippen LogP contribution < -0.4 is 5.32 Å². The highest BCUT2D eigenvalue weighted by Gasteiger charge is 2.22. The lowest BCUT2D eigenvalue weighted by Gasteiger charge is -2.30. The van der Waals surface area contributed by atoms with Crippen LogP contribution in [0.1, 0.15) is 54.0 Å². The Balaban J connectivity index is 1.24. The zero-order valence-electron chi connectivity index (χ0n) is 19.9. The maximum atomic E-state index is 11.2. The molecule has 0 saturated carbocycles. The first-order chi connectivity index (χ1) is 16.7. The number of carbonyl (C=O) groups is 1. The van der Waals surface area contributed by atoms with Gasteiger partial charge in [0.05, 0.1) is 0 Å². The number of benzene rings is 3. The maximum absolute atomic E-state index is 11.2. The summed E-state index contributed by atoms with van der Waals surface area (Å²) in [5.74, 6) is -0.0284. The number of carbonyl (C=O) groups excluding carboxylic acids is 1. The van der Waals surface area contributed by atoms with E-state index < -0.39 is 0 Å². The fraction of sp³-hybridized carbons (Fsp3) is 0.258. The summed E-state index contributed by atoms with van der Waals surface area (Å²) >= 11 is 0. The van der Waals surface area contributed by atoms with E-state index in [9.17, 15) is 4.79 Å². The molecule has 34 heavy (non-hydrogen) atoms. The average molecular weight is 449 g/mol. The van der Waals surface area contributed by atoms with Crippen molar-refractivity contribution in [1.82, 2.24) is 4.90 Å². The van der Waals surface area contributed by atoms with Crippen LogP contribution in [0.25, 0.3) is 17.7 Å². The fourth-order valence-corrected chi connectivity index (χ4v) is 5.21. The van der Waals surface area contributed by atoms with E-state index in [0.29, 0.717) is 0 Å². The van der Waals surface area contributed by atoms with Crippen molar-refractivity contribution in [3.05, 3.63) is 106 Å². The number of amides is 1. The molecule has 3 aromatic carbocycles. The first kappa shape index (κ1) is 22.4. The topological polar surface area (TPSA) is 32.3 Å². The summed E-state index contributed by atoms with van der Waals surface area (Å²) in [6.07, 6.45) is 9.00. The van der Waals surface area contributed by atoms with E-state index in [4.69, 9.17) is 0 Å². The predicted molar refractivity (Wildman–Crippen MR) is 143 cm³/mol. The molecule has 172 valence electrons. The third-order valence-corrected chi connectivity index (χ3v) is 6.93.